The zero-order chi connectivity index (χ0) is 15.5. The smallest absolute Gasteiger partial charge is 0.230 e. The molecule has 4 nitrogen and oxygen atoms in total. The van der Waals surface area contributed by atoms with Gasteiger partial charge in [0.1, 0.15) is 0 Å². The van der Waals surface area contributed by atoms with Crippen LogP contribution in [0.4, 0.5) is 0 Å². The first-order valence-electron chi connectivity index (χ1n) is 7.15. The molecule has 0 saturated carbocycles. The minimum Gasteiger partial charge on any atom is -0.369 e. The van der Waals surface area contributed by atoms with Crippen LogP contribution in [-0.2, 0) is 15.0 Å². The van der Waals surface area contributed by atoms with Crippen molar-refractivity contribution in [1.82, 2.24) is 5.32 Å². The van der Waals surface area contributed by atoms with Crippen molar-refractivity contribution < 1.29 is 9.59 Å². The highest BCUT2D eigenvalue weighted by molar-refractivity contribution is 8.00. The van der Waals surface area contributed by atoms with Crippen LogP contribution in [0, 0.1) is 0 Å². The van der Waals surface area contributed by atoms with E-state index in [4.69, 9.17) is 5.73 Å². The molecule has 3 N–H and O–H groups in total. The van der Waals surface area contributed by atoms with Gasteiger partial charge in [-0.1, -0.05) is 38.1 Å². The third-order valence-electron chi connectivity index (χ3n) is 3.94. The molecule has 0 unspecified atom stereocenters. The average Bonchev–Trinajstić information content (AvgIpc) is 2.42. The molecule has 1 aliphatic rings. The van der Waals surface area contributed by atoms with Gasteiger partial charge in [0.2, 0.25) is 11.8 Å². The molecule has 1 atom stereocenters. The predicted octanol–water partition coefficient (Wildman–Crippen LogP) is 2.13. The van der Waals surface area contributed by atoms with Crippen molar-refractivity contribution in [2.75, 3.05) is 11.5 Å². The van der Waals surface area contributed by atoms with E-state index in [0.717, 1.165) is 12.8 Å². The van der Waals surface area contributed by atoms with Crippen molar-refractivity contribution in [2.45, 2.75) is 38.1 Å². The summed E-state index contributed by atoms with van der Waals surface area (Å²) in [6.07, 6.45) is 1.99. The lowest BCUT2D eigenvalue weighted by molar-refractivity contribution is -0.119. The topological polar surface area (TPSA) is 72.2 Å². The lowest BCUT2D eigenvalue weighted by Gasteiger charge is -2.37. The second-order valence-corrected chi connectivity index (χ2v) is 7.07. The Balaban J connectivity index is 2.02. The molecule has 1 aromatic carbocycles. The van der Waals surface area contributed by atoms with E-state index in [2.05, 4.69) is 31.3 Å². The minimum absolute atomic E-state index is 0.0410. The third kappa shape index (κ3) is 4.00. The van der Waals surface area contributed by atoms with E-state index < -0.39 is 5.91 Å². The standard InChI is InChI=1S/C16H22N2O2S/c1-16(2)8-7-13(11-5-3-4-6-12(11)16)18-15(20)10-21-9-14(17)19/h3-6,13H,7-10H2,1-2H3,(H2,17,19)(H,18,20)/t13-/m0/s1. The van der Waals surface area contributed by atoms with Gasteiger partial charge in [0, 0.05) is 0 Å². The molecular weight excluding hydrogens is 284 g/mol. The van der Waals surface area contributed by atoms with Gasteiger partial charge in [-0.3, -0.25) is 9.59 Å². The fourth-order valence-corrected chi connectivity index (χ4v) is 3.41. The van der Waals surface area contributed by atoms with E-state index in [1.165, 1.54) is 22.9 Å². The quantitative estimate of drug-likeness (QED) is 0.875. The van der Waals surface area contributed by atoms with Crippen molar-refractivity contribution in [3.05, 3.63) is 35.4 Å². The van der Waals surface area contributed by atoms with Crippen LogP contribution in [-0.4, -0.2) is 23.3 Å². The number of carbonyl (C=O) groups excluding carboxylic acids is 2. The first-order chi connectivity index (χ1) is 9.90. The summed E-state index contributed by atoms with van der Waals surface area (Å²) in [7, 11) is 0. The van der Waals surface area contributed by atoms with Crippen molar-refractivity contribution in [3.8, 4) is 0 Å². The molecule has 2 amide bonds. The number of thioether (sulfide) groups is 1. The summed E-state index contributed by atoms with van der Waals surface area (Å²) in [5, 5.41) is 3.07. The number of nitrogens with two attached hydrogens (primary N) is 1. The number of amides is 2. The van der Waals surface area contributed by atoms with E-state index in [-0.39, 0.29) is 28.9 Å². The summed E-state index contributed by atoms with van der Waals surface area (Å²) in [5.41, 5.74) is 7.74. The molecular formula is C16H22N2O2S. The van der Waals surface area contributed by atoms with E-state index in [9.17, 15) is 9.59 Å². The van der Waals surface area contributed by atoms with E-state index in [1.54, 1.807) is 0 Å². The zero-order valence-electron chi connectivity index (χ0n) is 12.5. The summed E-state index contributed by atoms with van der Waals surface area (Å²) in [6.45, 7) is 4.49. The van der Waals surface area contributed by atoms with Gasteiger partial charge in [0.15, 0.2) is 0 Å². The molecule has 21 heavy (non-hydrogen) atoms. The van der Waals surface area contributed by atoms with Gasteiger partial charge < -0.3 is 11.1 Å². The Bertz CT molecular complexity index is 543. The van der Waals surface area contributed by atoms with Gasteiger partial charge in [-0.05, 0) is 29.4 Å². The SMILES string of the molecule is CC1(C)CC[C@H](NC(=O)CSCC(N)=O)c2ccccc21. The summed E-state index contributed by atoms with van der Waals surface area (Å²) in [5.74, 6) is 0.0190. The van der Waals surface area contributed by atoms with Crippen LogP contribution in [0.1, 0.15) is 43.9 Å². The second kappa shape index (κ2) is 6.52. The summed E-state index contributed by atoms with van der Waals surface area (Å²) >= 11 is 1.25. The van der Waals surface area contributed by atoms with Crippen LogP contribution in [0.15, 0.2) is 24.3 Å². The largest absolute Gasteiger partial charge is 0.369 e. The maximum Gasteiger partial charge on any atom is 0.230 e. The summed E-state index contributed by atoms with van der Waals surface area (Å²) < 4.78 is 0. The first-order valence-corrected chi connectivity index (χ1v) is 8.30. The molecule has 2 rings (SSSR count). The van der Waals surface area contributed by atoms with Crippen molar-refractivity contribution in [2.24, 2.45) is 5.73 Å². The number of hydrogen-bond acceptors (Lipinski definition) is 3. The molecule has 0 saturated heterocycles. The van der Waals surface area contributed by atoms with Crippen LogP contribution >= 0.6 is 11.8 Å². The number of primary amides is 1. The molecule has 1 aliphatic carbocycles. The van der Waals surface area contributed by atoms with Gasteiger partial charge in [-0.25, -0.2) is 0 Å². The summed E-state index contributed by atoms with van der Waals surface area (Å²) in [6, 6.07) is 8.37. The lowest BCUT2D eigenvalue weighted by Crippen LogP contribution is -2.36. The Morgan fingerprint density at radius 1 is 1.33 bits per heavy atom. The molecule has 0 bridgehead atoms. The maximum atomic E-state index is 12.0. The van der Waals surface area contributed by atoms with Crippen molar-refractivity contribution in [3.63, 3.8) is 0 Å². The van der Waals surface area contributed by atoms with Crippen LogP contribution in [0.3, 0.4) is 0 Å². The molecule has 0 spiro atoms. The number of benzene rings is 1. The predicted molar refractivity (Wildman–Crippen MR) is 86.1 cm³/mol. The first kappa shape index (κ1) is 15.9. The van der Waals surface area contributed by atoms with Gasteiger partial charge in [0.25, 0.3) is 0 Å². The second-order valence-electron chi connectivity index (χ2n) is 6.09. The molecule has 114 valence electrons. The van der Waals surface area contributed by atoms with E-state index in [1.807, 2.05) is 12.1 Å². The fraction of sp³-hybridized carbons (Fsp3) is 0.500. The number of nitrogens with one attached hydrogen (secondary N) is 1. The average molecular weight is 306 g/mol. The van der Waals surface area contributed by atoms with Crippen LogP contribution in [0.25, 0.3) is 0 Å². The van der Waals surface area contributed by atoms with Gasteiger partial charge >= 0.3 is 0 Å². The van der Waals surface area contributed by atoms with Crippen LogP contribution < -0.4 is 11.1 Å². The Morgan fingerprint density at radius 3 is 2.76 bits per heavy atom. The Hall–Kier alpha value is -1.49. The third-order valence-corrected chi connectivity index (χ3v) is 4.89. The van der Waals surface area contributed by atoms with Crippen molar-refractivity contribution in [1.29, 1.82) is 0 Å². The minimum atomic E-state index is -0.391. The molecule has 0 aromatic heterocycles. The zero-order valence-corrected chi connectivity index (χ0v) is 13.3. The monoisotopic (exact) mass is 306 g/mol. The summed E-state index contributed by atoms with van der Waals surface area (Å²) in [4.78, 5) is 22.7. The van der Waals surface area contributed by atoms with Gasteiger partial charge in [-0.15, -0.1) is 11.8 Å². The van der Waals surface area contributed by atoms with Gasteiger partial charge in [0.05, 0.1) is 17.5 Å². The molecule has 0 radical (unpaired) electrons. The van der Waals surface area contributed by atoms with E-state index >= 15 is 0 Å². The molecule has 1 aromatic rings. The molecule has 0 heterocycles. The highest BCUT2D eigenvalue weighted by atomic mass is 32.2. The number of carbonyl (C=O) groups is 2. The Kier molecular flexibility index (Phi) is 4.93. The maximum absolute atomic E-state index is 12.0. The Labute approximate surface area is 129 Å². The Morgan fingerprint density at radius 2 is 2.05 bits per heavy atom. The number of hydrogen-bond donors (Lipinski definition) is 2. The van der Waals surface area contributed by atoms with E-state index in [0.29, 0.717) is 0 Å². The highest BCUT2D eigenvalue weighted by Gasteiger charge is 2.32. The number of rotatable bonds is 5. The van der Waals surface area contributed by atoms with Crippen LogP contribution in [0.5, 0.6) is 0 Å². The van der Waals surface area contributed by atoms with Crippen molar-refractivity contribution >= 4 is 23.6 Å². The molecule has 0 fully saturated rings. The lowest BCUT2D eigenvalue weighted by atomic mass is 9.71. The normalized spacial score (nSPS) is 19.6. The number of fused-ring (bicyclic) bond motifs is 1. The van der Waals surface area contributed by atoms with Gasteiger partial charge in [-0.2, -0.15) is 0 Å². The highest BCUT2D eigenvalue weighted by Crippen LogP contribution is 2.41. The fourth-order valence-electron chi connectivity index (χ4n) is 2.84. The molecule has 0 aliphatic heterocycles. The van der Waals surface area contributed by atoms with Crippen LogP contribution in [0.2, 0.25) is 0 Å². The molecule has 5 heteroatoms.